The summed E-state index contributed by atoms with van der Waals surface area (Å²) in [5.41, 5.74) is 6.05. The highest BCUT2D eigenvalue weighted by Crippen LogP contribution is 2.09. The van der Waals surface area contributed by atoms with Crippen molar-refractivity contribution in [3.05, 3.63) is 23.5 Å². The Bertz CT molecular complexity index is 421. The Kier molecular flexibility index (Phi) is 3.48. The van der Waals surface area contributed by atoms with Crippen molar-refractivity contribution >= 4 is 27.6 Å². The zero-order valence-corrected chi connectivity index (χ0v) is 8.71. The van der Waals surface area contributed by atoms with E-state index in [-0.39, 0.29) is 11.4 Å². The van der Waals surface area contributed by atoms with Crippen LogP contribution in [0.15, 0.2) is 12.3 Å². The summed E-state index contributed by atoms with van der Waals surface area (Å²) in [6, 6.07) is 1.49. The predicted molar refractivity (Wildman–Crippen MR) is 56.3 cm³/mol. The molecule has 0 saturated carbocycles. The predicted octanol–water partition coefficient (Wildman–Crippen LogP) is 1.11. The van der Waals surface area contributed by atoms with Gasteiger partial charge in [0.05, 0.1) is 11.0 Å². The fraction of sp³-hybridized carbons (Fsp3) is 0.111. The Balaban J connectivity index is 3.06. The maximum Gasteiger partial charge on any atom is 0.356 e. The van der Waals surface area contributed by atoms with Crippen LogP contribution in [0.3, 0.4) is 0 Å². The lowest BCUT2D eigenvalue weighted by Gasteiger charge is -1.98. The Labute approximate surface area is 89.3 Å². The summed E-state index contributed by atoms with van der Waals surface area (Å²) < 4.78 is 0. The minimum absolute atomic E-state index is 0.124. The van der Waals surface area contributed by atoms with Crippen molar-refractivity contribution in [3.63, 3.8) is 0 Å². The number of aromatic carboxylic acids is 1. The number of pyridine rings is 1. The fourth-order valence-corrected chi connectivity index (χ4v) is 1.00. The van der Waals surface area contributed by atoms with E-state index in [1.54, 1.807) is 0 Å². The van der Waals surface area contributed by atoms with E-state index in [4.69, 9.17) is 10.8 Å². The minimum atomic E-state index is -1.14. The van der Waals surface area contributed by atoms with Crippen molar-refractivity contribution in [2.75, 3.05) is 11.1 Å². The first-order chi connectivity index (χ1) is 6.65. The molecule has 0 aliphatic rings. The van der Waals surface area contributed by atoms with Crippen LogP contribution in [-0.4, -0.2) is 21.4 Å². The average Bonchev–Trinajstić information content (AvgIpc) is 2.14. The lowest BCUT2D eigenvalue weighted by molar-refractivity contribution is 0.0692. The van der Waals surface area contributed by atoms with Gasteiger partial charge in [-0.15, -0.1) is 0 Å². The lowest BCUT2D eigenvalue weighted by Crippen LogP contribution is -2.05. The maximum absolute atomic E-state index is 10.6. The molecule has 0 fully saturated rings. The second-order valence-corrected chi connectivity index (χ2v) is 2.96. The summed E-state index contributed by atoms with van der Waals surface area (Å²) in [6.45, 7) is 0. The first-order valence-corrected chi connectivity index (χ1v) is 4.81. The number of nitrogens with two attached hydrogens (primary N) is 1. The molecule has 0 unspecified atom stereocenters. The van der Waals surface area contributed by atoms with E-state index in [1.165, 1.54) is 12.3 Å². The van der Waals surface area contributed by atoms with Crippen LogP contribution in [0, 0.1) is 11.8 Å². The molecule has 0 radical (unpaired) electrons. The standard InChI is InChI=1S/C9H7BrN2O2/c10-3-1-2-6-4-7(11)8(9(13)14)12-5-6/h4-5H,3,11H2,(H,13,14). The van der Waals surface area contributed by atoms with E-state index in [2.05, 4.69) is 32.8 Å². The molecule has 3 N–H and O–H groups in total. The Morgan fingerprint density at radius 3 is 2.93 bits per heavy atom. The number of anilines is 1. The number of nitrogen functional groups attached to an aromatic ring is 1. The first kappa shape index (κ1) is 10.5. The number of aromatic nitrogens is 1. The molecule has 0 saturated heterocycles. The number of hydrogen-bond donors (Lipinski definition) is 2. The van der Waals surface area contributed by atoms with Crippen LogP contribution in [0.2, 0.25) is 0 Å². The number of rotatable bonds is 1. The Morgan fingerprint density at radius 1 is 1.71 bits per heavy atom. The highest BCUT2D eigenvalue weighted by Gasteiger charge is 2.08. The molecule has 0 atom stereocenters. The van der Waals surface area contributed by atoms with Gasteiger partial charge in [-0.3, -0.25) is 0 Å². The topological polar surface area (TPSA) is 76.2 Å². The minimum Gasteiger partial charge on any atom is -0.476 e. The van der Waals surface area contributed by atoms with Gasteiger partial charge in [-0.05, 0) is 6.07 Å². The molecule has 1 heterocycles. The molecular weight excluding hydrogens is 248 g/mol. The molecule has 5 heteroatoms. The highest BCUT2D eigenvalue weighted by atomic mass is 79.9. The number of hydrogen-bond acceptors (Lipinski definition) is 3. The molecule has 14 heavy (non-hydrogen) atoms. The van der Waals surface area contributed by atoms with Crippen LogP contribution >= 0.6 is 15.9 Å². The summed E-state index contributed by atoms with van der Waals surface area (Å²) in [7, 11) is 0. The number of nitrogens with zero attached hydrogens (tertiary/aromatic N) is 1. The van der Waals surface area contributed by atoms with Gasteiger partial charge in [-0.1, -0.05) is 27.8 Å². The molecule has 4 nitrogen and oxygen atoms in total. The number of alkyl halides is 1. The molecule has 1 aromatic heterocycles. The van der Waals surface area contributed by atoms with E-state index in [9.17, 15) is 4.79 Å². The highest BCUT2D eigenvalue weighted by molar-refractivity contribution is 9.09. The monoisotopic (exact) mass is 254 g/mol. The van der Waals surface area contributed by atoms with Crippen molar-refractivity contribution in [3.8, 4) is 11.8 Å². The zero-order chi connectivity index (χ0) is 10.6. The molecule has 1 aromatic rings. The van der Waals surface area contributed by atoms with Crippen molar-refractivity contribution in [2.45, 2.75) is 0 Å². The third-order valence-electron chi connectivity index (χ3n) is 1.42. The van der Waals surface area contributed by atoms with Gasteiger partial charge in [0.2, 0.25) is 0 Å². The molecule has 0 amide bonds. The van der Waals surface area contributed by atoms with Crippen LogP contribution in [0.5, 0.6) is 0 Å². The van der Waals surface area contributed by atoms with Crippen molar-refractivity contribution in [2.24, 2.45) is 0 Å². The number of carboxylic acid groups (broad SMARTS) is 1. The molecule has 0 aliphatic carbocycles. The van der Waals surface area contributed by atoms with Gasteiger partial charge in [0, 0.05) is 11.8 Å². The van der Waals surface area contributed by atoms with Gasteiger partial charge < -0.3 is 10.8 Å². The fourth-order valence-electron chi connectivity index (χ4n) is 0.864. The summed E-state index contributed by atoms with van der Waals surface area (Å²) in [6.07, 6.45) is 1.38. The molecule has 72 valence electrons. The third kappa shape index (κ3) is 2.47. The van der Waals surface area contributed by atoms with E-state index >= 15 is 0 Å². The van der Waals surface area contributed by atoms with Crippen LogP contribution in [0.25, 0.3) is 0 Å². The van der Waals surface area contributed by atoms with Crippen molar-refractivity contribution in [1.82, 2.24) is 4.98 Å². The van der Waals surface area contributed by atoms with Gasteiger partial charge in [0.25, 0.3) is 0 Å². The molecule has 0 bridgehead atoms. The quantitative estimate of drug-likeness (QED) is 0.582. The lowest BCUT2D eigenvalue weighted by atomic mass is 10.2. The van der Waals surface area contributed by atoms with E-state index in [0.717, 1.165) is 0 Å². The van der Waals surface area contributed by atoms with Gasteiger partial charge in [-0.2, -0.15) is 0 Å². The largest absolute Gasteiger partial charge is 0.476 e. The van der Waals surface area contributed by atoms with Crippen LogP contribution in [-0.2, 0) is 0 Å². The van der Waals surface area contributed by atoms with Gasteiger partial charge in [0.1, 0.15) is 0 Å². The molecular formula is C9H7BrN2O2. The van der Waals surface area contributed by atoms with E-state index < -0.39 is 5.97 Å². The summed E-state index contributed by atoms with van der Waals surface area (Å²) in [5, 5.41) is 9.20. The average molecular weight is 255 g/mol. The van der Waals surface area contributed by atoms with Crippen LogP contribution < -0.4 is 5.73 Å². The van der Waals surface area contributed by atoms with Gasteiger partial charge in [-0.25, -0.2) is 9.78 Å². The zero-order valence-electron chi connectivity index (χ0n) is 7.12. The Hall–Kier alpha value is -1.54. The molecule has 1 rings (SSSR count). The second kappa shape index (κ2) is 4.63. The summed E-state index contributed by atoms with van der Waals surface area (Å²) in [5.74, 6) is 4.40. The van der Waals surface area contributed by atoms with Gasteiger partial charge in [0.15, 0.2) is 5.69 Å². The summed E-state index contributed by atoms with van der Waals surface area (Å²) >= 11 is 3.14. The number of carbonyl (C=O) groups is 1. The number of halogens is 1. The SMILES string of the molecule is Nc1cc(C#CCBr)cnc1C(=O)O. The van der Waals surface area contributed by atoms with E-state index in [1.807, 2.05) is 0 Å². The first-order valence-electron chi connectivity index (χ1n) is 3.69. The van der Waals surface area contributed by atoms with Crippen molar-refractivity contribution < 1.29 is 9.90 Å². The molecule has 0 aliphatic heterocycles. The van der Waals surface area contributed by atoms with Crippen LogP contribution in [0.4, 0.5) is 5.69 Å². The van der Waals surface area contributed by atoms with Crippen molar-refractivity contribution in [1.29, 1.82) is 0 Å². The molecule has 0 spiro atoms. The molecule has 0 aromatic carbocycles. The van der Waals surface area contributed by atoms with Gasteiger partial charge >= 0.3 is 5.97 Å². The Morgan fingerprint density at radius 2 is 2.43 bits per heavy atom. The second-order valence-electron chi connectivity index (χ2n) is 2.40. The van der Waals surface area contributed by atoms with Crippen LogP contribution in [0.1, 0.15) is 16.1 Å². The third-order valence-corrected chi connectivity index (χ3v) is 1.70. The summed E-state index contributed by atoms with van der Waals surface area (Å²) in [4.78, 5) is 14.2. The normalized spacial score (nSPS) is 8.93. The van der Waals surface area contributed by atoms with E-state index in [0.29, 0.717) is 10.9 Å². The smallest absolute Gasteiger partial charge is 0.356 e. The maximum atomic E-state index is 10.6. The number of carboxylic acids is 1.